The summed E-state index contributed by atoms with van der Waals surface area (Å²) in [5, 5.41) is 7.07. The molecule has 25 heavy (non-hydrogen) atoms. The first-order valence-corrected chi connectivity index (χ1v) is 9.02. The summed E-state index contributed by atoms with van der Waals surface area (Å²) >= 11 is 0. The summed E-state index contributed by atoms with van der Waals surface area (Å²) < 4.78 is 10.9. The van der Waals surface area contributed by atoms with Gasteiger partial charge in [-0.25, -0.2) is 0 Å². The molecule has 0 unspecified atom stereocenters. The molecule has 2 aliphatic rings. The zero-order valence-electron chi connectivity index (χ0n) is 14.5. The number of nitrogens with zero attached hydrogens (tertiary/aromatic N) is 2. The molecule has 6 nitrogen and oxygen atoms in total. The van der Waals surface area contributed by atoms with Crippen LogP contribution in [0, 0.1) is 12.8 Å². The van der Waals surface area contributed by atoms with Crippen LogP contribution in [0.4, 0.5) is 0 Å². The van der Waals surface area contributed by atoms with Crippen molar-refractivity contribution in [1.82, 2.24) is 15.5 Å². The molecule has 2 heterocycles. The lowest BCUT2D eigenvalue weighted by molar-refractivity contribution is 0.0467. The third-order valence-electron chi connectivity index (χ3n) is 5.22. The van der Waals surface area contributed by atoms with E-state index in [4.69, 9.17) is 9.26 Å². The van der Waals surface area contributed by atoms with Gasteiger partial charge in [-0.1, -0.05) is 17.3 Å². The number of benzene rings is 1. The third-order valence-corrected chi connectivity index (χ3v) is 5.22. The molecule has 0 spiro atoms. The third kappa shape index (κ3) is 3.31. The van der Waals surface area contributed by atoms with E-state index in [1.807, 2.05) is 12.1 Å². The Morgan fingerprint density at radius 3 is 2.88 bits per heavy atom. The molecule has 1 amide bonds. The van der Waals surface area contributed by atoms with Crippen molar-refractivity contribution in [3.8, 4) is 0 Å². The summed E-state index contributed by atoms with van der Waals surface area (Å²) in [6.07, 6.45) is 4.90. The number of amides is 1. The maximum absolute atomic E-state index is 13.0. The highest BCUT2D eigenvalue weighted by Gasteiger charge is 2.32. The van der Waals surface area contributed by atoms with E-state index in [-0.39, 0.29) is 17.9 Å². The number of aromatic nitrogens is 2. The lowest BCUT2D eigenvalue weighted by Crippen LogP contribution is -2.36. The molecule has 4 rings (SSSR count). The number of rotatable bonds is 4. The highest BCUT2D eigenvalue weighted by molar-refractivity contribution is 5.96. The van der Waals surface area contributed by atoms with Crippen molar-refractivity contribution >= 4 is 5.91 Å². The molecule has 1 atom stereocenters. The molecule has 1 saturated heterocycles. The standard InChI is InChI=1S/C19H23N3O3/c1-12-20-19(25-22-12)17(14-8-10-24-11-9-14)21-18(23)16-7-3-5-13-4-2-6-15(13)16/h3,5,7,14,17H,2,4,6,8-11H2,1H3,(H,21,23)/t17-/m1/s1. The number of fused-ring (bicyclic) bond motifs is 1. The Balaban J connectivity index is 1.60. The molecule has 2 aromatic rings. The summed E-state index contributed by atoms with van der Waals surface area (Å²) in [6, 6.07) is 5.74. The number of carbonyl (C=O) groups is 1. The van der Waals surface area contributed by atoms with Crippen molar-refractivity contribution in [2.75, 3.05) is 13.2 Å². The second kappa shape index (κ2) is 6.96. The molecule has 132 valence electrons. The average Bonchev–Trinajstić information content (AvgIpc) is 3.28. The van der Waals surface area contributed by atoms with Gasteiger partial charge in [0.1, 0.15) is 6.04 Å². The summed E-state index contributed by atoms with van der Waals surface area (Å²) in [4.78, 5) is 17.4. The van der Waals surface area contributed by atoms with Gasteiger partial charge in [-0.05, 0) is 62.1 Å². The second-order valence-corrected chi connectivity index (χ2v) is 6.88. The minimum atomic E-state index is -0.269. The molecule has 1 N–H and O–H groups in total. The van der Waals surface area contributed by atoms with E-state index in [0.717, 1.165) is 37.7 Å². The molecule has 1 fully saturated rings. The predicted molar refractivity (Wildman–Crippen MR) is 91.3 cm³/mol. The minimum Gasteiger partial charge on any atom is -0.381 e. The normalized spacial score (nSPS) is 18.8. The van der Waals surface area contributed by atoms with Crippen LogP contribution in [-0.2, 0) is 17.6 Å². The van der Waals surface area contributed by atoms with E-state index >= 15 is 0 Å². The van der Waals surface area contributed by atoms with Gasteiger partial charge >= 0.3 is 0 Å². The fourth-order valence-electron chi connectivity index (χ4n) is 3.92. The zero-order chi connectivity index (χ0) is 17.2. The molecule has 0 saturated carbocycles. The topological polar surface area (TPSA) is 77.2 Å². The Labute approximate surface area is 147 Å². The van der Waals surface area contributed by atoms with Crippen LogP contribution in [-0.4, -0.2) is 29.3 Å². The number of aryl methyl sites for hydroxylation is 2. The molecule has 1 aliphatic carbocycles. The van der Waals surface area contributed by atoms with E-state index in [1.54, 1.807) is 6.92 Å². The van der Waals surface area contributed by atoms with Crippen LogP contribution < -0.4 is 5.32 Å². The largest absolute Gasteiger partial charge is 0.381 e. The Morgan fingerprint density at radius 2 is 2.12 bits per heavy atom. The Morgan fingerprint density at radius 1 is 1.28 bits per heavy atom. The van der Waals surface area contributed by atoms with E-state index in [9.17, 15) is 4.79 Å². The smallest absolute Gasteiger partial charge is 0.252 e. The monoisotopic (exact) mass is 341 g/mol. The maximum Gasteiger partial charge on any atom is 0.252 e. The lowest BCUT2D eigenvalue weighted by Gasteiger charge is -2.28. The fourth-order valence-corrected chi connectivity index (χ4v) is 3.92. The molecule has 1 aromatic carbocycles. The fraction of sp³-hybridized carbons (Fsp3) is 0.526. The SMILES string of the molecule is Cc1noc([C@H](NC(=O)c2cccc3c2CCC3)C2CCOCC2)n1. The number of hydrogen-bond acceptors (Lipinski definition) is 5. The predicted octanol–water partition coefficient (Wildman–Crippen LogP) is 2.76. The van der Waals surface area contributed by atoms with Gasteiger partial charge in [0.25, 0.3) is 5.91 Å². The van der Waals surface area contributed by atoms with Gasteiger partial charge in [-0.2, -0.15) is 4.98 Å². The number of hydrogen-bond donors (Lipinski definition) is 1. The van der Waals surface area contributed by atoms with Crippen LogP contribution >= 0.6 is 0 Å². The Bertz CT molecular complexity index is 765. The van der Waals surface area contributed by atoms with Gasteiger partial charge in [-0.3, -0.25) is 4.79 Å². The molecule has 0 bridgehead atoms. The van der Waals surface area contributed by atoms with Crippen LogP contribution in [0.25, 0.3) is 0 Å². The van der Waals surface area contributed by atoms with Crippen molar-refractivity contribution < 1.29 is 14.1 Å². The van der Waals surface area contributed by atoms with Gasteiger partial charge in [-0.15, -0.1) is 0 Å². The van der Waals surface area contributed by atoms with E-state index in [2.05, 4.69) is 21.5 Å². The van der Waals surface area contributed by atoms with Crippen LogP contribution in [0.15, 0.2) is 22.7 Å². The van der Waals surface area contributed by atoms with Crippen molar-refractivity contribution in [3.05, 3.63) is 46.6 Å². The molecular weight excluding hydrogens is 318 g/mol. The lowest BCUT2D eigenvalue weighted by atomic mass is 9.91. The van der Waals surface area contributed by atoms with Gasteiger partial charge in [0.15, 0.2) is 5.82 Å². The second-order valence-electron chi connectivity index (χ2n) is 6.88. The van der Waals surface area contributed by atoms with Crippen molar-refractivity contribution in [3.63, 3.8) is 0 Å². The van der Waals surface area contributed by atoms with Crippen LogP contribution in [0.5, 0.6) is 0 Å². The minimum absolute atomic E-state index is 0.0499. The van der Waals surface area contributed by atoms with Crippen LogP contribution in [0.1, 0.15) is 58.5 Å². The molecule has 6 heteroatoms. The van der Waals surface area contributed by atoms with E-state index in [0.29, 0.717) is 24.9 Å². The summed E-state index contributed by atoms with van der Waals surface area (Å²) in [5.74, 6) is 1.27. The first-order valence-electron chi connectivity index (χ1n) is 9.02. The molecule has 1 aromatic heterocycles. The summed E-state index contributed by atoms with van der Waals surface area (Å²) in [6.45, 7) is 3.19. The van der Waals surface area contributed by atoms with Gasteiger partial charge in [0, 0.05) is 18.8 Å². The van der Waals surface area contributed by atoms with Crippen LogP contribution in [0.3, 0.4) is 0 Å². The Kier molecular flexibility index (Phi) is 4.53. The van der Waals surface area contributed by atoms with Crippen molar-refractivity contribution in [2.45, 2.75) is 45.1 Å². The number of nitrogens with one attached hydrogen (secondary N) is 1. The maximum atomic E-state index is 13.0. The van der Waals surface area contributed by atoms with E-state index < -0.39 is 0 Å². The highest BCUT2D eigenvalue weighted by Crippen LogP contribution is 2.31. The van der Waals surface area contributed by atoms with Gasteiger partial charge in [0.05, 0.1) is 0 Å². The quantitative estimate of drug-likeness (QED) is 0.925. The number of carbonyl (C=O) groups excluding carboxylic acids is 1. The zero-order valence-corrected chi connectivity index (χ0v) is 14.5. The van der Waals surface area contributed by atoms with Crippen LogP contribution in [0.2, 0.25) is 0 Å². The van der Waals surface area contributed by atoms with Crippen molar-refractivity contribution in [1.29, 1.82) is 0 Å². The van der Waals surface area contributed by atoms with Crippen molar-refractivity contribution in [2.24, 2.45) is 5.92 Å². The van der Waals surface area contributed by atoms with Gasteiger partial charge < -0.3 is 14.6 Å². The summed E-state index contributed by atoms with van der Waals surface area (Å²) in [5.41, 5.74) is 3.26. The average molecular weight is 341 g/mol. The Hall–Kier alpha value is -2.21. The first-order chi connectivity index (χ1) is 12.2. The highest BCUT2D eigenvalue weighted by atomic mass is 16.5. The number of ether oxygens (including phenoxy) is 1. The molecular formula is C19H23N3O3. The first kappa shape index (κ1) is 16.3. The van der Waals surface area contributed by atoms with E-state index in [1.165, 1.54) is 11.1 Å². The molecule has 0 radical (unpaired) electrons. The summed E-state index contributed by atoms with van der Waals surface area (Å²) in [7, 11) is 0. The van der Waals surface area contributed by atoms with Gasteiger partial charge in [0.2, 0.25) is 5.89 Å². The molecule has 1 aliphatic heterocycles.